The van der Waals surface area contributed by atoms with E-state index in [-0.39, 0.29) is 11.8 Å². The van der Waals surface area contributed by atoms with Gasteiger partial charge in [0.1, 0.15) is 5.69 Å². The first-order chi connectivity index (χ1) is 9.48. The maximum absolute atomic E-state index is 12.0. The van der Waals surface area contributed by atoms with E-state index in [4.69, 9.17) is 9.47 Å². The molecule has 2 rings (SSSR count). The summed E-state index contributed by atoms with van der Waals surface area (Å²) in [5.74, 6) is -0.378. The number of ether oxygens (including phenoxy) is 2. The van der Waals surface area contributed by atoms with E-state index in [1.807, 2.05) is 26.0 Å². The Balaban J connectivity index is 1.81. The third-order valence-corrected chi connectivity index (χ3v) is 3.35. The van der Waals surface area contributed by atoms with Crippen molar-refractivity contribution in [1.82, 2.24) is 10.3 Å². The number of hydrogen-bond donors (Lipinski definition) is 1. The minimum absolute atomic E-state index is 0.140. The Bertz CT molecular complexity index is 470. The van der Waals surface area contributed by atoms with Crippen molar-refractivity contribution >= 4 is 5.91 Å². The Hall–Kier alpha value is -1.46. The first-order valence-electron chi connectivity index (χ1n) is 6.98. The average molecular weight is 278 g/mol. The lowest BCUT2D eigenvalue weighted by molar-refractivity contribution is -0.153. The van der Waals surface area contributed by atoms with Crippen LogP contribution < -0.4 is 5.32 Å². The molecule has 0 spiro atoms. The standard InChI is InChI=1S/C15H22N2O3/c1-11(9-15(3)19-7-8-20-15)10-16-14(18)13-6-4-5-12(2)17-13/h4-6,11H,7-10H2,1-3H3,(H,16,18)/t11-/m1/s1. The first-order valence-corrected chi connectivity index (χ1v) is 6.98. The van der Waals surface area contributed by atoms with Gasteiger partial charge in [-0.05, 0) is 31.9 Å². The van der Waals surface area contributed by atoms with Gasteiger partial charge in [-0.3, -0.25) is 4.79 Å². The quantitative estimate of drug-likeness (QED) is 0.893. The lowest BCUT2D eigenvalue weighted by Crippen LogP contribution is -2.34. The number of carbonyl (C=O) groups is 1. The number of aromatic nitrogens is 1. The van der Waals surface area contributed by atoms with Crippen LogP contribution in [0.1, 0.15) is 36.5 Å². The topological polar surface area (TPSA) is 60.5 Å². The number of nitrogens with zero attached hydrogens (tertiary/aromatic N) is 1. The van der Waals surface area contributed by atoms with E-state index in [2.05, 4.69) is 17.2 Å². The number of aryl methyl sites for hydroxylation is 1. The third kappa shape index (κ3) is 4.02. The molecule has 1 fully saturated rings. The van der Waals surface area contributed by atoms with Crippen molar-refractivity contribution in [2.24, 2.45) is 5.92 Å². The molecule has 2 heterocycles. The summed E-state index contributed by atoms with van der Waals surface area (Å²) in [6, 6.07) is 5.43. The summed E-state index contributed by atoms with van der Waals surface area (Å²) in [6.07, 6.45) is 0.758. The van der Waals surface area contributed by atoms with Crippen molar-refractivity contribution in [3.63, 3.8) is 0 Å². The van der Waals surface area contributed by atoms with Crippen LogP contribution in [0.2, 0.25) is 0 Å². The van der Waals surface area contributed by atoms with Crippen molar-refractivity contribution < 1.29 is 14.3 Å². The number of amides is 1. The van der Waals surface area contributed by atoms with Crippen molar-refractivity contribution in [3.05, 3.63) is 29.6 Å². The first kappa shape index (κ1) is 14.9. The second-order valence-corrected chi connectivity index (χ2v) is 5.51. The zero-order valence-electron chi connectivity index (χ0n) is 12.3. The van der Waals surface area contributed by atoms with E-state index in [1.54, 1.807) is 6.07 Å². The van der Waals surface area contributed by atoms with Gasteiger partial charge in [-0.25, -0.2) is 4.98 Å². The third-order valence-electron chi connectivity index (χ3n) is 3.35. The zero-order valence-corrected chi connectivity index (χ0v) is 12.3. The van der Waals surface area contributed by atoms with Gasteiger partial charge in [0.05, 0.1) is 13.2 Å². The molecule has 110 valence electrons. The van der Waals surface area contributed by atoms with Crippen LogP contribution in [-0.2, 0) is 9.47 Å². The van der Waals surface area contributed by atoms with Gasteiger partial charge in [0.2, 0.25) is 0 Å². The molecule has 1 N–H and O–H groups in total. The van der Waals surface area contributed by atoms with Crippen LogP contribution in [0.4, 0.5) is 0 Å². The van der Waals surface area contributed by atoms with Crippen LogP contribution in [0.15, 0.2) is 18.2 Å². The number of hydrogen-bond acceptors (Lipinski definition) is 4. The molecule has 0 bridgehead atoms. The highest BCUT2D eigenvalue weighted by atomic mass is 16.7. The molecule has 20 heavy (non-hydrogen) atoms. The number of nitrogens with one attached hydrogen (secondary N) is 1. The number of carbonyl (C=O) groups excluding carboxylic acids is 1. The lowest BCUT2D eigenvalue weighted by Gasteiger charge is -2.25. The van der Waals surface area contributed by atoms with Gasteiger partial charge in [-0.15, -0.1) is 0 Å². The van der Waals surface area contributed by atoms with Crippen molar-refractivity contribution in [2.75, 3.05) is 19.8 Å². The molecule has 0 aromatic carbocycles. The second kappa shape index (κ2) is 6.33. The van der Waals surface area contributed by atoms with E-state index in [1.165, 1.54) is 0 Å². The van der Waals surface area contributed by atoms with E-state index in [0.717, 1.165) is 12.1 Å². The van der Waals surface area contributed by atoms with Crippen LogP contribution in [0.3, 0.4) is 0 Å². The Morgan fingerprint density at radius 2 is 2.15 bits per heavy atom. The minimum atomic E-state index is -0.508. The molecular formula is C15H22N2O3. The molecule has 5 nitrogen and oxygen atoms in total. The molecule has 1 aliphatic heterocycles. The van der Waals surface area contributed by atoms with Crippen LogP contribution in [0, 0.1) is 12.8 Å². The number of rotatable bonds is 5. The average Bonchev–Trinajstić information content (AvgIpc) is 2.82. The van der Waals surface area contributed by atoms with E-state index < -0.39 is 5.79 Å². The maximum Gasteiger partial charge on any atom is 0.269 e. The van der Waals surface area contributed by atoms with E-state index >= 15 is 0 Å². The van der Waals surface area contributed by atoms with Gasteiger partial charge in [0.25, 0.3) is 5.91 Å². The van der Waals surface area contributed by atoms with Crippen LogP contribution in [-0.4, -0.2) is 36.4 Å². The highest BCUT2D eigenvalue weighted by Gasteiger charge is 2.32. The van der Waals surface area contributed by atoms with Gasteiger partial charge in [-0.1, -0.05) is 13.0 Å². The molecule has 1 saturated heterocycles. The summed E-state index contributed by atoms with van der Waals surface area (Å²) in [5, 5.41) is 2.90. The Morgan fingerprint density at radius 3 is 2.80 bits per heavy atom. The predicted molar refractivity (Wildman–Crippen MR) is 75.4 cm³/mol. The number of pyridine rings is 1. The van der Waals surface area contributed by atoms with E-state index in [9.17, 15) is 4.79 Å². The zero-order chi connectivity index (χ0) is 14.6. The summed E-state index contributed by atoms with van der Waals surface area (Å²) >= 11 is 0. The van der Waals surface area contributed by atoms with Gasteiger partial charge in [-0.2, -0.15) is 0 Å². The summed E-state index contributed by atoms with van der Waals surface area (Å²) < 4.78 is 11.1. The lowest BCUT2D eigenvalue weighted by atomic mass is 10.0. The maximum atomic E-state index is 12.0. The normalized spacial score (nSPS) is 18.8. The fraction of sp³-hybridized carbons (Fsp3) is 0.600. The van der Waals surface area contributed by atoms with Crippen molar-refractivity contribution in [3.8, 4) is 0 Å². The Morgan fingerprint density at radius 1 is 1.45 bits per heavy atom. The highest BCUT2D eigenvalue weighted by Crippen LogP contribution is 2.26. The highest BCUT2D eigenvalue weighted by molar-refractivity contribution is 5.92. The fourth-order valence-corrected chi connectivity index (χ4v) is 2.41. The molecule has 1 amide bonds. The van der Waals surface area contributed by atoms with Crippen molar-refractivity contribution in [1.29, 1.82) is 0 Å². The minimum Gasteiger partial charge on any atom is -0.350 e. The molecule has 0 saturated carbocycles. The monoisotopic (exact) mass is 278 g/mol. The largest absolute Gasteiger partial charge is 0.350 e. The summed E-state index contributed by atoms with van der Waals surface area (Å²) in [5.41, 5.74) is 1.29. The molecule has 0 unspecified atom stereocenters. The van der Waals surface area contributed by atoms with Crippen LogP contribution >= 0.6 is 0 Å². The van der Waals surface area contributed by atoms with Gasteiger partial charge in [0.15, 0.2) is 5.79 Å². The molecule has 5 heteroatoms. The fourth-order valence-electron chi connectivity index (χ4n) is 2.41. The molecular weight excluding hydrogens is 256 g/mol. The van der Waals surface area contributed by atoms with E-state index in [0.29, 0.717) is 25.5 Å². The smallest absolute Gasteiger partial charge is 0.269 e. The van der Waals surface area contributed by atoms with Gasteiger partial charge < -0.3 is 14.8 Å². The summed E-state index contributed by atoms with van der Waals surface area (Å²) in [4.78, 5) is 16.2. The molecule has 1 aromatic rings. The molecule has 1 atom stereocenters. The Kier molecular flexibility index (Phi) is 4.73. The van der Waals surface area contributed by atoms with Crippen LogP contribution in [0.5, 0.6) is 0 Å². The Labute approximate surface area is 119 Å². The SMILES string of the molecule is Cc1cccc(C(=O)NC[C@H](C)CC2(C)OCCO2)n1. The van der Waals surface area contributed by atoms with Gasteiger partial charge >= 0.3 is 0 Å². The van der Waals surface area contributed by atoms with Crippen molar-refractivity contribution in [2.45, 2.75) is 33.0 Å². The summed E-state index contributed by atoms with van der Waals surface area (Å²) in [7, 11) is 0. The predicted octanol–water partition coefficient (Wildman–Crippen LogP) is 1.91. The summed E-state index contributed by atoms with van der Waals surface area (Å²) in [6.45, 7) is 7.75. The molecule has 1 aliphatic rings. The molecule has 0 aliphatic carbocycles. The van der Waals surface area contributed by atoms with Crippen LogP contribution in [0.25, 0.3) is 0 Å². The second-order valence-electron chi connectivity index (χ2n) is 5.51. The molecule has 0 radical (unpaired) electrons. The van der Waals surface area contributed by atoms with Gasteiger partial charge in [0, 0.05) is 18.7 Å². The molecule has 1 aromatic heterocycles.